The second kappa shape index (κ2) is 4.77. The number of nitrogens with one attached hydrogen (secondary N) is 1. The molecule has 0 atom stereocenters. The van der Waals surface area contributed by atoms with E-state index in [1.165, 1.54) is 0 Å². The summed E-state index contributed by atoms with van der Waals surface area (Å²) >= 11 is 0. The van der Waals surface area contributed by atoms with E-state index in [1.807, 2.05) is 32.0 Å². The van der Waals surface area contributed by atoms with E-state index < -0.39 is 18.1 Å². The third kappa shape index (κ3) is 2.53. The van der Waals surface area contributed by atoms with Crippen LogP contribution >= 0.6 is 0 Å². The van der Waals surface area contributed by atoms with Crippen LogP contribution in [0.3, 0.4) is 0 Å². The SMILES string of the molecule is Cc1cccc(C)c1NC(=O)N1CC(O)(C(F)F)C1. The smallest absolute Gasteiger partial charge is 0.322 e. The minimum atomic E-state index is -2.84. The summed E-state index contributed by atoms with van der Waals surface area (Å²) in [6.45, 7) is 3.02. The summed E-state index contributed by atoms with van der Waals surface area (Å²) in [5.41, 5.74) is 0.425. The lowest BCUT2D eigenvalue weighted by Gasteiger charge is -2.45. The predicted molar refractivity (Wildman–Crippen MR) is 67.5 cm³/mol. The van der Waals surface area contributed by atoms with Crippen molar-refractivity contribution in [3.8, 4) is 0 Å². The summed E-state index contributed by atoms with van der Waals surface area (Å²) in [5, 5.41) is 12.1. The van der Waals surface area contributed by atoms with Crippen LogP contribution in [0.4, 0.5) is 19.3 Å². The summed E-state index contributed by atoms with van der Waals surface area (Å²) < 4.78 is 24.9. The molecule has 0 unspecified atom stereocenters. The Balaban J connectivity index is 2.01. The zero-order chi connectivity index (χ0) is 14.2. The van der Waals surface area contributed by atoms with Crippen LogP contribution in [0, 0.1) is 13.8 Å². The number of anilines is 1. The molecule has 0 aromatic heterocycles. The molecule has 6 heteroatoms. The molecular formula is C13H16F2N2O2. The molecule has 0 spiro atoms. The number of benzene rings is 1. The van der Waals surface area contributed by atoms with E-state index in [4.69, 9.17) is 0 Å². The Kier molecular flexibility index (Phi) is 3.45. The van der Waals surface area contributed by atoms with Gasteiger partial charge in [0.2, 0.25) is 0 Å². The number of carbonyl (C=O) groups is 1. The minimum absolute atomic E-state index is 0.346. The van der Waals surface area contributed by atoms with E-state index in [9.17, 15) is 18.7 Å². The number of carbonyl (C=O) groups excluding carboxylic acids is 1. The van der Waals surface area contributed by atoms with Gasteiger partial charge in [-0.05, 0) is 25.0 Å². The normalized spacial score (nSPS) is 17.3. The summed E-state index contributed by atoms with van der Waals surface area (Å²) in [4.78, 5) is 13.0. The van der Waals surface area contributed by atoms with Gasteiger partial charge in [-0.15, -0.1) is 0 Å². The van der Waals surface area contributed by atoms with Crippen LogP contribution in [0.15, 0.2) is 18.2 Å². The van der Waals surface area contributed by atoms with E-state index in [2.05, 4.69) is 5.32 Å². The molecule has 0 bridgehead atoms. The Labute approximate surface area is 110 Å². The first-order valence-corrected chi connectivity index (χ1v) is 5.96. The molecule has 1 heterocycles. The van der Waals surface area contributed by atoms with Gasteiger partial charge >= 0.3 is 6.03 Å². The van der Waals surface area contributed by atoms with Gasteiger partial charge in [0.05, 0.1) is 13.1 Å². The standard InChI is InChI=1S/C13H16F2N2O2/c1-8-4-3-5-9(2)10(8)16-12(18)17-6-13(19,7-17)11(14)15/h3-5,11,19H,6-7H2,1-2H3,(H,16,18). The molecule has 1 aliphatic rings. The Morgan fingerprint density at radius 3 is 2.37 bits per heavy atom. The number of likely N-dealkylation sites (tertiary alicyclic amines) is 1. The van der Waals surface area contributed by atoms with Gasteiger partial charge in [-0.2, -0.15) is 0 Å². The number of amides is 2. The highest BCUT2D eigenvalue weighted by Crippen LogP contribution is 2.28. The van der Waals surface area contributed by atoms with E-state index in [0.29, 0.717) is 5.69 Å². The quantitative estimate of drug-likeness (QED) is 0.865. The van der Waals surface area contributed by atoms with Gasteiger partial charge < -0.3 is 15.3 Å². The molecule has 2 rings (SSSR count). The number of aliphatic hydroxyl groups is 1. The highest BCUT2D eigenvalue weighted by atomic mass is 19.3. The van der Waals surface area contributed by atoms with Gasteiger partial charge in [-0.25, -0.2) is 13.6 Å². The molecule has 0 saturated carbocycles. The number of aryl methyl sites for hydroxylation is 2. The minimum Gasteiger partial charge on any atom is -0.380 e. The van der Waals surface area contributed by atoms with Crippen LogP contribution < -0.4 is 5.32 Å². The molecule has 2 N–H and O–H groups in total. The average molecular weight is 270 g/mol. The fraction of sp³-hybridized carbons (Fsp3) is 0.462. The fourth-order valence-electron chi connectivity index (χ4n) is 2.09. The third-order valence-corrected chi connectivity index (χ3v) is 3.34. The molecule has 2 amide bonds. The number of rotatable bonds is 2. The van der Waals surface area contributed by atoms with Crippen LogP contribution in [0.2, 0.25) is 0 Å². The molecule has 1 aromatic rings. The summed E-state index contributed by atoms with van der Waals surface area (Å²) in [6, 6.07) is 5.12. The Morgan fingerprint density at radius 1 is 1.37 bits per heavy atom. The number of nitrogens with zero attached hydrogens (tertiary/aromatic N) is 1. The number of alkyl halides is 2. The summed E-state index contributed by atoms with van der Waals surface area (Å²) in [6.07, 6.45) is -2.84. The van der Waals surface area contributed by atoms with Crippen molar-refractivity contribution < 1.29 is 18.7 Å². The molecule has 4 nitrogen and oxygen atoms in total. The topological polar surface area (TPSA) is 52.6 Å². The lowest BCUT2D eigenvalue weighted by Crippen LogP contribution is -2.67. The highest BCUT2D eigenvalue weighted by molar-refractivity contribution is 5.91. The first-order valence-electron chi connectivity index (χ1n) is 5.96. The van der Waals surface area contributed by atoms with Crippen LogP contribution in [0.5, 0.6) is 0 Å². The van der Waals surface area contributed by atoms with Crippen molar-refractivity contribution in [2.45, 2.75) is 25.9 Å². The lowest BCUT2D eigenvalue weighted by atomic mass is 9.95. The maximum Gasteiger partial charge on any atom is 0.322 e. The van der Waals surface area contributed by atoms with Gasteiger partial charge in [-0.1, -0.05) is 18.2 Å². The van der Waals surface area contributed by atoms with E-state index in [-0.39, 0.29) is 13.1 Å². The number of β-amino-alcohol motifs (C(OH)–C–C–N with tert-alkyl or cyclic N) is 1. The van der Waals surface area contributed by atoms with Crippen molar-refractivity contribution in [1.29, 1.82) is 0 Å². The first kappa shape index (κ1) is 13.7. The zero-order valence-electron chi connectivity index (χ0n) is 10.8. The van der Waals surface area contributed by atoms with Crippen molar-refractivity contribution in [1.82, 2.24) is 4.90 Å². The van der Waals surface area contributed by atoms with Gasteiger partial charge in [0.1, 0.15) is 0 Å². The maximum absolute atomic E-state index is 12.4. The van der Waals surface area contributed by atoms with E-state index >= 15 is 0 Å². The third-order valence-electron chi connectivity index (χ3n) is 3.34. The zero-order valence-corrected chi connectivity index (χ0v) is 10.8. The van der Waals surface area contributed by atoms with Crippen LogP contribution in [0.1, 0.15) is 11.1 Å². The fourth-order valence-corrected chi connectivity index (χ4v) is 2.09. The Hall–Kier alpha value is -1.69. The summed E-state index contributed by atoms with van der Waals surface area (Å²) in [5.74, 6) is 0. The maximum atomic E-state index is 12.4. The van der Waals surface area contributed by atoms with Gasteiger partial charge in [-0.3, -0.25) is 0 Å². The average Bonchev–Trinajstić information content (AvgIpc) is 2.29. The van der Waals surface area contributed by atoms with Crippen molar-refractivity contribution in [3.63, 3.8) is 0 Å². The number of urea groups is 1. The number of hydrogen-bond donors (Lipinski definition) is 2. The van der Waals surface area contributed by atoms with Gasteiger partial charge in [0.25, 0.3) is 6.43 Å². The number of para-hydroxylation sites is 1. The highest BCUT2D eigenvalue weighted by Gasteiger charge is 2.50. The van der Waals surface area contributed by atoms with Crippen molar-refractivity contribution in [2.24, 2.45) is 0 Å². The molecular weight excluding hydrogens is 254 g/mol. The second-order valence-corrected chi connectivity index (χ2v) is 4.96. The second-order valence-electron chi connectivity index (χ2n) is 4.96. The van der Waals surface area contributed by atoms with E-state index in [1.54, 1.807) is 0 Å². The molecule has 1 aliphatic heterocycles. The van der Waals surface area contributed by atoms with E-state index in [0.717, 1.165) is 16.0 Å². The summed E-state index contributed by atoms with van der Waals surface area (Å²) in [7, 11) is 0. The molecule has 1 saturated heterocycles. The van der Waals surface area contributed by atoms with Crippen LogP contribution in [-0.4, -0.2) is 41.2 Å². The number of hydrogen-bond acceptors (Lipinski definition) is 2. The predicted octanol–water partition coefficient (Wildman–Crippen LogP) is 2.15. The first-order chi connectivity index (χ1) is 8.83. The van der Waals surface area contributed by atoms with Crippen LogP contribution in [0.25, 0.3) is 0 Å². The Morgan fingerprint density at radius 2 is 1.89 bits per heavy atom. The molecule has 1 fully saturated rings. The Bertz CT molecular complexity index is 479. The van der Waals surface area contributed by atoms with Gasteiger partial charge in [0.15, 0.2) is 5.60 Å². The van der Waals surface area contributed by atoms with Crippen molar-refractivity contribution in [3.05, 3.63) is 29.3 Å². The molecule has 19 heavy (non-hydrogen) atoms. The molecule has 1 aromatic carbocycles. The molecule has 0 aliphatic carbocycles. The molecule has 0 radical (unpaired) electrons. The largest absolute Gasteiger partial charge is 0.380 e. The van der Waals surface area contributed by atoms with Crippen LogP contribution in [-0.2, 0) is 0 Å². The lowest BCUT2D eigenvalue weighted by molar-refractivity contribution is -0.163. The monoisotopic (exact) mass is 270 g/mol. The number of halogens is 2. The van der Waals surface area contributed by atoms with Crippen molar-refractivity contribution >= 4 is 11.7 Å². The van der Waals surface area contributed by atoms with Crippen molar-refractivity contribution in [2.75, 3.05) is 18.4 Å². The molecule has 104 valence electrons. The van der Waals surface area contributed by atoms with Gasteiger partial charge in [0, 0.05) is 5.69 Å².